The normalized spacial score (nSPS) is 25.4. The Morgan fingerprint density at radius 3 is 2.22 bits per heavy atom. The Morgan fingerprint density at radius 1 is 0.933 bits per heavy atom. The first-order chi connectivity index (χ1) is 21.9. The van der Waals surface area contributed by atoms with Crippen molar-refractivity contribution in [3.63, 3.8) is 0 Å². The minimum Gasteiger partial charge on any atom is -0.387 e. The van der Waals surface area contributed by atoms with Gasteiger partial charge in [0.25, 0.3) is 0 Å². The Kier molecular flexibility index (Phi) is 10.1. The summed E-state index contributed by atoms with van der Waals surface area (Å²) < 4.78 is 13.0. The van der Waals surface area contributed by atoms with Crippen LogP contribution in [-0.4, -0.2) is 74.3 Å². The van der Waals surface area contributed by atoms with E-state index < -0.39 is 24.5 Å². The van der Waals surface area contributed by atoms with Crippen molar-refractivity contribution in [1.82, 2.24) is 24.8 Å². The summed E-state index contributed by atoms with van der Waals surface area (Å²) in [6.45, 7) is 5.91. The topological polar surface area (TPSA) is 127 Å². The Balaban J connectivity index is 1.29. The van der Waals surface area contributed by atoms with E-state index in [2.05, 4.69) is 78.0 Å². The zero-order chi connectivity index (χ0) is 31.3. The predicted molar refractivity (Wildman–Crippen MR) is 174 cm³/mol. The molecule has 2 fully saturated rings. The summed E-state index contributed by atoms with van der Waals surface area (Å²) in [5.74, 6) is 2.85. The highest BCUT2D eigenvalue weighted by atomic mass is 16.6. The largest absolute Gasteiger partial charge is 0.387 e. The van der Waals surface area contributed by atoms with Crippen LogP contribution in [0.2, 0.25) is 0 Å². The van der Waals surface area contributed by atoms with Gasteiger partial charge in [-0.1, -0.05) is 74.5 Å². The van der Waals surface area contributed by atoms with Crippen LogP contribution in [0.5, 0.6) is 0 Å². The van der Waals surface area contributed by atoms with Crippen LogP contribution in [0.1, 0.15) is 68.6 Å². The lowest BCUT2D eigenvalue weighted by molar-refractivity contribution is -0.0580. The van der Waals surface area contributed by atoms with Gasteiger partial charge in [-0.15, -0.1) is 0 Å². The molecule has 0 radical (unpaired) electrons. The highest BCUT2D eigenvalue weighted by molar-refractivity contribution is 5.83. The minimum absolute atomic E-state index is 0.0853. The van der Waals surface area contributed by atoms with Gasteiger partial charge in [-0.05, 0) is 48.6 Å². The van der Waals surface area contributed by atoms with E-state index in [0.29, 0.717) is 41.9 Å². The standard InChI is InChI=1S/C35H46N6O4/c1-22(2)23-14-16-26(17-15-23)36-19-29-39-33(37-18-27(24-10-6-4-7-11-24)25-12-8-5-9-13-25)30-34(40-29)41(21-38-30)35-32(43)31(42)28(45-35)20-44-3/h4-13,21-23,26-28,31-32,35-36,42-43H,14-20H2,1-3H3,(H,37,39,40). The summed E-state index contributed by atoms with van der Waals surface area (Å²) in [7, 11) is 1.54. The van der Waals surface area contributed by atoms with Gasteiger partial charge in [0.05, 0.1) is 19.5 Å². The third-order valence-electron chi connectivity index (χ3n) is 9.55. The molecule has 4 unspecified atom stereocenters. The average molecular weight is 615 g/mol. The van der Waals surface area contributed by atoms with E-state index in [4.69, 9.17) is 19.4 Å². The van der Waals surface area contributed by atoms with E-state index in [9.17, 15) is 10.2 Å². The van der Waals surface area contributed by atoms with Gasteiger partial charge in [0.15, 0.2) is 23.2 Å². The number of aliphatic hydroxyl groups excluding tert-OH is 2. The van der Waals surface area contributed by atoms with Crippen molar-refractivity contribution in [2.45, 2.75) is 82.6 Å². The molecule has 6 rings (SSSR count). The molecule has 3 heterocycles. The van der Waals surface area contributed by atoms with Gasteiger partial charge in [0, 0.05) is 25.6 Å². The summed E-state index contributed by atoms with van der Waals surface area (Å²) in [4.78, 5) is 14.6. The number of methoxy groups -OCH3 is 1. The number of imidazole rings is 1. The number of hydrogen-bond donors (Lipinski definition) is 4. The van der Waals surface area contributed by atoms with E-state index in [-0.39, 0.29) is 12.5 Å². The van der Waals surface area contributed by atoms with Gasteiger partial charge in [-0.3, -0.25) is 4.57 Å². The van der Waals surface area contributed by atoms with Crippen LogP contribution in [0, 0.1) is 11.8 Å². The molecule has 4 N–H and O–H groups in total. The molecule has 240 valence electrons. The lowest BCUT2D eigenvalue weighted by Gasteiger charge is -2.31. The van der Waals surface area contributed by atoms with Crippen molar-refractivity contribution in [1.29, 1.82) is 0 Å². The first-order valence-electron chi connectivity index (χ1n) is 16.2. The minimum atomic E-state index is -1.16. The number of aliphatic hydroxyl groups is 2. The Morgan fingerprint density at radius 2 is 1.60 bits per heavy atom. The summed E-state index contributed by atoms with van der Waals surface area (Å²) >= 11 is 0. The number of fused-ring (bicyclic) bond motifs is 1. The maximum atomic E-state index is 10.9. The van der Waals surface area contributed by atoms with Gasteiger partial charge in [0.2, 0.25) is 0 Å². The molecule has 1 saturated heterocycles. The third kappa shape index (κ3) is 7.05. The molecular formula is C35H46N6O4. The van der Waals surface area contributed by atoms with Crippen molar-refractivity contribution in [3.05, 3.63) is 83.9 Å². The number of benzene rings is 2. The van der Waals surface area contributed by atoms with Crippen LogP contribution >= 0.6 is 0 Å². The van der Waals surface area contributed by atoms with Gasteiger partial charge in [0.1, 0.15) is 24.1 Å². The van der Waals surface area contributed by atoms with Crippen LogP contribution in [0.15, 0.2) is 67.0 Å². The lowest BCUT2D eigenvalue weighted by Crippen LogP contribution is -2.34. The first-order valence-corrected chi connectivity index (χ1v) is 16.2. The molecule has 4 aromatic rings. The highest BCUT2D eigenvalue weighted by Gasteiger charge is 2.44. The number of anilines is 1. The smallest absolute Gasteiger partial charge is 0.168 e. The number of nitrogens with zero attached hydrogens (tertiary/aromatic N) is 4. The van der Waals surface area contributed by atoms with Crippen molar-refractivity contribution in [2.24, 2.45) is 11.8 Å². The van der Waals surface area contributed by atoms with Crippen LogP contribution in [-0.2, 0) is 16.0 Å². The van der Waals surface area contributed by atoms with E-state index in [1.165, 1.54) is 24.0 Å². The van der Waals surface area contributed by atoms with Crippen LogP contribution in [0.25, 0.3) is 11.2 Å². The maximum absolute atomic E-state index is 10.9. The molecule has 1 saturated carbocycles. The summed E-state index contributed by atoms with van der Waals surface area (Å²) in [6, 6.07) is 21.3. The molecule has 0 bridgehead atoms. The average Bonchev–Trinajstić information content (AvgIpc) is 3.61. The Bertz CT molecular complexity index is 1470. The quantitative estimate of drug-likeness (QED) is 0.181. The number of hydrogen-bond acceptors (Lipinski definition) is 9. The Hall–Kier alpha value is -3.41. The van der Waals surface area contributed by atoms with Crippen LogP contribution in [0.3, 0.4) is 0 Å². The molecule has 2 aromatic heterocycles. The highest BCUT2D eigenvalue weighted by Crippen LogP contribution is 2.34. The van der Waals surface area contributed by atoms with E-state index >= 15 is 0 Å². The summed E-state index contributed by atoms with van der Waals surface area (Å²) in [6.07, 6.45) is 2.59. The van der Waals surface area contributed by atoms with Crippen LogP contribution in [0.4, 0.5) is 5.82 Å². The maximum Gasteiger partial charge on any atom is 0.168 e. The zero-order valence-electron chi connectivity index (χ0n) is 26.4. The van der Waals surface area contributed by atoms with Crippen molar-refractivity contribution >= 4 is 17.0 Å². The SMILES string of the molecule is COCC1OC(n2cnc3c(NCC(c4ccccc4)c4ccccc4)nc(CNC4CCC(C(C)C)CC4)nc32)C(O)C1O. The van der Waals surface area contributed by atoms with Crippen molar-refractivity contribution in [2.75, 3.05) is 25.6 Å². The Labute approximate surface area is 265 Å². The van der Waals surface area contributed by atoms with Crippen LogP contribution < -0.4 is 10.6 Å². The molecule has 1 aliphatic heterocycles. The summed E-state index contributed by atoms with van der Waals surface area (Å²) in [5.41, 5.74) is 3.52. The number of ether oxygens (including phenoxy) is 2. The predicted octanol–water partition coefficient (Wildman–Crippen LogP) is 4.64. The third-order valence-corrected chi connectivity index (χ3v) is 9.55. The molecule has 4 atom stereocenters. The molecule has 0 spiro atoms. The number of aromatic nitrogens is 4. The molecule has 1 aliphatic carbocycles. The number of nitrogens with one attached hydrogen (secondary N) is 2. The molecule has 2 aliphatic rings. The second-order valence-corrected chi connectivity index (χ2v) is 12.8. The van der Waals surface area contributed by atoms with E-state index in [0.717, 1.165) is 24.7 Å². The molecule has 2 aromatic carbocycles. The molecule has 45 heavy (non-hydrogen) atoms. The number of rotatable bonds is 12. The summed E-state index contributed by atoms with van der Waals surface area (Å²) in [5, 5.41) is 28.9. The van der Waals surface area contributed by atoms with E-state index in [1.807, 2.05) is 12.1 Å². The fraction of sp³-hybridized carbons (Fsp3) is 0.514. The van der Waals surface area contributed by atoms with Crippen molar-refractivity contribution in [3.8, 4) is 0 Å². The first kappa shape index (κ1) is 31.6. The van der Waals surface area contributed by atoms with Gasteiger partial charge in [-0.25, -0.2) is 15.0 Å². The second kappa shape index (κ2) is 14.3. The molecule has 10 nitrogen and oxygen atoms in total. The van der Waals surface area contributed by atoms with Crippen molar-refractivity contribution < 1.29 is 19.7 Å². The zero-order valence-corrected chi connectivity index (χ0v) is 26.4. The second-order valence-electron chi connectivity index (χ2n) is 12.8. The van der Waals surface area contributed by atoms with E-state index in [1.54, 1.807) is 18.0 Å². The lowest BCUT2D eigenvalue weighted by atomic mass is 9.80. The fourth-order valence-corrected chi connectivity index (χ4v) is 6.83. The van der Waals surface area contributed by atoms with Gasteiger partial charge < -0.3 is 30.3 Å². The van der Waals surface area contributed by atoms with Gasteiger partial charge in [-0.2, -0.15) is 0 Å². The molecule has 0 amide bonds. The molecular weight excluding hydrogens is 568 g/mol. The fourth-order valence-electron chi connectivity index (χ4n) is 6.83. The molecule has 10 heteroatoms. The monoisotopic (exact) mass is 614 g/mol. The van der Waals surface area contributed by atoms with Gasteiger partial charge >= 0.3 is 0 Å².